The van der Waals surface area contributed by atoms with Gasteiger partial charge >= 0.3 is 0 Å². The number of aromatic amines is 1. The summed E-state index contributed by atoms with van der Waals surface area (Å²) >= 11 is 0. The number of hydrogen-bond acceptors (Lipinski definition) is 4. The molecule has 0 atom stereocenters. The molecule has 1 N–H and O–H groups in total. The van der Waals surface area contributed by atoms with Crippen molar-refractivity contribution in [2.24, 2.45) is 0 Å². The number of nitrogens with one attached hydrogen (secondary N) is 1. The second-order valence-electron chi connectivity index (χ2n) is 7.40. The van der Waals surface area contributed by atoms with Gasteiger partial charge < -0.3 is 9.88 Å². The molecular formula is C25H19N5. The largest absolute Gasteiger partial charge is 0.370 e. The van der Waals surface area contributed by atoms with Crippen molar-refractivity contribution in [3.05, 3.63) is 66.0 Å². The minimum atomic E-state index is 0.632. The molecule has 2 aromatic heterocycles. The first kappa shape index (κ1) is 18.0. The first-order valence-corrected chi connectivity index (χ1v) is 9.97. The van der Waals surface area contributed by atoms with Crippen LogP contribution in [0.3, 0.4) is 0 Å². The van der Waals surface area contributed by atoms with E-state index >= 15 is 0 Å². The fourth-order valence-electron chi connectivity index (χ4n) is 4.15. The van der Waals surface area contributed by atoms with Gasteiger partial charge in [0.1, 0.15) is 11.3 Å². The van der Waals surface area contributed by atoms with E-state index in [1.54, 1.807) is 0 Å². The Morgan fingerprint density at radius 3 is 2.63 bits per heavy atom. The highest BCUT2D eigenvalue weighted by Crippen LogP contribution is 2.40. The number of hydrogen-bond donors (Lipinski definition) is 1. The second-order valence-corrected chi connectivity index (χ2v) is 7.40. The lowest BCUT2D eigenvalue weighted by Crippen LogP contribution is -2.20. The van der Waals surface area contributed by atoms with Crippen LogP contribution in [0.15, 0.2) is 54.9 Å². The molecule has 1 fully saturated rings. The molecule has 0 saturated carbocycles. The van der Waals surface area contributed by atoms with Gasteiger partial charge in [-0.2, -0.15) is 5.26 Å². The van der Waals surface area contributed by atoms with Crippen molar-refractivity contribution in [1.82, 2.24) is 15.0 Å². The Morgan fingerprint density at radius 1 is 1.03 bits per heavy atom. The van der Waals surface area contributed by atoms with E-state index in [4.69, 9.17) is 11.4 Å². The predicted octanol–water partition coefficient (Wildman–Crippen LogP) is 4.75. The molecule has 30 heavy (non-hydrogen) atoms. The van der Waals surface area contributed by atoms with Gasteiger partial charge in [-0.05, 0) is 42.7 Å². The Morgan fingerprint density at radius 2 is 1.83 bits per heavy atom. The van der Waals surface area contributed by atoms with Gasteiger partial charge in [0.25, 0.3) is 0 Å². The Kier molecular flexibility index (Phi) is 4.42. The van der Waals surface area contributed by atoms with E-state index in [1.807, 2.05) is 54.9 Å². The van der Waals surface area contributed by atoms with Gasteiger partial charge in [-0.1, -0.05) is 24.1 Å². The van der Waals surface area contributed by atoms with Gasteiger partial charge in [-0.25, -0.2) is 4.98 Å². The first-order valence-electron chi connectivity index (χ1n) is 9.97. The molecule has 5 heteroatoms. The zero-order chi connectivity index (χ0) is 20.5. The molecule has 1 saturated heterocycles. The number of imidazole rings is 1. The molecular weight excluding hydrogens is 370 g/mol. The Balaban J connectivity index is 1.75. The van der Waals surface area contributed by atoms with E-state index in [0.717, 1.165) is 70.7 Å². The van der Waals surface area contributed by atoms with Crippen molar-refractivity contribution in [1.29, 1.82) is 5.26 Å². The van der Waals surface area contributed by atoms with Crippen LogP contribution in [-0.2, 0) is 0 Å². The summed E-state index contributed by atoms with van der Waals surface area (Å²) in [4.78, 5) is 15.2. The summed E-state index contributed by atoms with van der Waals surface area (Å²) in [5, 5.41) is 9.35. The van der Waals surface area contributed by atoms with Crippen LogP contribution in [0.1, 0.15) is 24.0 Å². The number of para-hydroxylation sites is 1. The van der Waals surface area contributed by atoms with Crippen LogP contribution < -0.4 is 4.90 Å². The molecule has 0 bridgehead atoms. The minimum Gasteiger partial charge on any atom is -0.370 e. The summed E-state index contributed by atoms with van der Waals surface area (Å²) in [5.74, 6) is 3.47. The third-order valence-electron chi connectivity index (χ3n) is 5.57. The van der Waals surface area contributed by atoms with Crippen LogP contribution in [0.4, 0.5) is 5.69 Å². The molecule has 144 valence electrons. The molecule has 1 aliphatic heterocycles. The molecule has 0 unspecified atom stereocenters. The van der Waals surface area contributed by atoms with Crippen molar-refractivity contribution in [3.8, 4) is 40.9 Å². The number of fused-ring (bicyclic) bond motifs is 1. The van der Waals surface area contributed by atoms with E-state index in [0.29, 0.717) is 5.56 Å². The number of rotatable bonds is 3. The van der Waals surface area contributed by atoms with E-state index < -0.39 is 0 Å². The van der Waals surface area contributed by atoms with Crippen molar-refractivity contribution >= 4 is 16.7 Å². The number of H-pyrrole nitrogens is 1. The highest BCUT2D eigenvalue weighted by atomic mass is 15.2. The number of aromatic nitrogens is 3. The molecule has 0 amide bonds. The van der Waals surface area contributed by atoms with Crippen LogP contribution in [0.2, 0.25) is 0 Å². The maximum atomic E-state index is 9.35. The van der Waals surface area contributed by atoms with Gasteiger partial charge in [0.15, 0.2) is 0 Å². The molecule has 4 aromatic rings. The Bertz CT molecular complexity index is 1330. The number of nitrogens with zero attached hydrogens (tertiary/aromatic N) is 4. The lowest BCUT2D eigenvalue weighted by atomic mass is 10.00. The smallest absolute Gasteiger partial charge is 0.142 e. The maximum Gasteiger partial charge on any atom is 0.142 e. The van der Waals surface area contributed by atoms with Gasteiger partial charge in [-0.15, -0.1) is 6.42 Å². The van der Waals surface area contributed by atoms with Crippen molar-refractivity contribution < 1.29 is 0 Å². The van der Waals surface area contributed by atoms with Crippen molar-refractivity contribution in [2.45, 2.75) is 12.8 Å². The molecule has 1 aliphatic rings. The zero-order valence-electron chi connectivity index (χ0n) is 16.4. The zero-order valence-corrected chi connectivity index (χ0v) is 16.4. The van der Waals surface area contributed by atoms with Crippen molar-refractivity contribution in [3.63, 3.8) is 0 Å². The second kappa shape index (κ2) is 7.39. The van der Waals surface area contributed by atoms with Gasteiger partial charge in [-0.3, -0.25) is 4.98 Å². The van der Waals surface area contributed by atoms with E-state index in [2.05, 4.69) is 26.9 Å². The fourth-order valence-corrected chi connectivity index (χ4v) is 4.15. The summed E-state index contributed by atoms with van der Waals surface area (Å²) in [6.07, 6.45) is 11.7. The molecule has 0 radical (unpaired) electrons. The van der Waals surface area contributed by atoms with Crippen LogP contribution >= 0.6 is 0 Å². The van der Waals surface area contributed by atoms with Crippen LogP contribution in [0.25, 0.3) is 33.5 Å². The predicted molar refractivity (Wildman–Crippen MR) is 119 cm³/mol. The highest BCUT2D eigenvalue weighted by Gasteiger charge is 2.23. The Labute approximate surface area is 175 Å². The topological polar surface area (TPSA) is 68.6 Å². The Hall–Kier alpha value is -4.09. The van der Waals surface area contributed by atoms with Gasteiger partial charge in [0, 0.05) is 31.0 Å². The SMILES string of the molecule is C#Cc1cccc2[nH]c(-c3cncc(-c4cccc(C#N)c4)c3N3CCCC3)nc12. The van der Waals surface area contributed by atoms with E-state index in [1.165, 1.54) is 0 Å². The van der Waals surface area contributed by atoms with Crippen LogP contribution in [0.5, 0.6) is 0 Å². The molecule has 3 heterocycles. The summed E-state index contributed by atoms with van der Waals surface area (Å²) in [6, 6.07) is 15.7. The van der Waals surface area contributed by atoms with Crippen LogP contribution in [0, 0.1) is 23.7 Å². The summed E-state index contributed by atoms with van der Waals surface area (Å²) < 4.78 is 0. The van der Waals surface area contributed by atoms with Gasteiger partial charge in [0.05, 0.1) is 34.0 Å². The molecule has 0 aliphatic carbocycles. The summed E-state index contributed by atoms with van der Waals surface area (Å²) in [7, 11) is 0. The van der Waals surface area contributed by atoms with Crippen molar-refractivity contribution in [2.75, 3.05) is 18.0 Å². The summed E-state index contributed by atoms with van der Waals surface area (Å²) in [5.41, 5.74) is 7.12. The standard InChI is InChI=1S/C25H19N5/c1-2-18-8-6-10-22-23(18)29-25(28-22)21-16-27-15-20(24(21)30-11-3-4-12-30)19-9-5-7-17(13-19)14-26/h1,5-10,13,15-16H,3-4,11-12H2,(H,28,29). The normalized spacial score (nSPS) is 13.3. The number of benzene rings is 2. The lowest BCUT2D eigenvalue weighted by molar-refractivity contribution is 0.949. The molecule has 0 spiro atoms. The quantitative estimate of drug-likeness (QED) is 0.514. The lowest BCUT2D eigenvalue weighted by Gasteiger charge is -2.24. The molecule has 2 aromatic carbocycles. The summed E-state index contributed by atoms with van der Waals surface area (Å²) in [6.45, 7) is 1.97. The first-order chi connectivity index (χ1) is 14.8. The number of anilines is 1. The average molecular weight is 389 g/mol. The maximum absolute atomic E-state index is 9.35. The third kappa shape index (κ3) is 2.98. The van der Waals surface area contributed by atoms with E-state index in [-0.39, 0.29) is 0 Å². The monoisotopic (exact) mass is 389 g/mol. The van der Waals surface area contributed by atoms with Gasteiger partial charge in [0.2, 0.25) is 0 Å². The molecule has 5 rings (SSSR count). The minimum absolute atomic E-state index is 0.632. The molecule has 5 nitrogen and oxygen atoms in total. The average Bonchev–Trinajstić information content (AvgIpc) is 3.48. The fraction of sp³-hybridized carbons (Fsp3) is 0.160. The van der Waals surface area contributed by atoms with Crippen LogP contribution in [-0.4, -0.2) is 28.0 Å². The number of pyridine rings is 1. The third-order valence-corrected chi connectivity index (χ3v) is 5.57. The highest BCUT2D eigenvalue weighted by molar-refractivity contribution is 5.92. The number of terminal acetylenes is 1. The van der Waals surface area contributed by atoms with E-state index in [9.17, 15) is 5.26 Å². The number of nitriles is 1.